The van der Waals surface area contributed by atoms with Crippen LogP contribution in [0.1, 0.15) is 57.6 Å². The minimum atomic E-state index is -4.64. The summed E-state index contributed by atoms with van der Waals surface area (Å²) in [4.78, 5) is 17.4. The van der Waals surface area contributed by atoms with E-state index in [2.05, 4.69) is 20.5 Å². The van der Waals surface area contributed by atoms with Gasteiger partial charge in [0.25, 0.3) is 5.91 Å². The zero-order valence-electron chi connectivity index (χ0n) is 20.7. The van der Waals surface area contributed by atoms with Gasteiger partial charge in [-0.25, -0.2) is 9.50 Å². The lowest BCUT2D eigenvalue weighted by atomic mass is 10.2. The van der Waals surface area contributed by atoms with Crippen LogP contribution < -0.4 is 14.8 Å². The Bertz CT molecular complexity index is 1500. The molecular formula is C25H25F3N6O3. The van der Waals surface area contributed by atoms with Crippen molar-refractivity contribution < 1.29 is 27.4 Å². The molecule has 0 atom stereocenters. The van der Waals surface area contributed by atoms with E-state index in [9.17, 15) is 18.0 Å². The molecule has 0 bridgehead atoms. The highest BCUT2D eigenvalue weighted by atomic mass is 19.4. The second kappa shape index (κ2) is 9.09. The number of benzene rings is 1. The number of methoxy groups -OCH3 is 2. The lowest BCUT2D eigenvalue weighted by Crippen LogP contribution is -2.16. The van der Waals surface area contributed by atoms with Crippen LogP contribution >= 0.6 is 0 Å². The Morgan fingerprint density at radius 1 is 1.08 bits per heavy atom. The molecule has 3 heterocycles. The summed E-state index contributed by atoms with van der Waals surface area (Å²) in [6.07, 6.45) is -3.04. The molecule has 0 unspecified atom stereocenters. The van der Waals surface area contributed by atoms with Crippen LogP contribution in [0.4, 0.5) is 18.9 Å². The third-order valence-corrected chi connectivity index (χ3v) is 6.37. The lowest BCUT2D eigenvalue weighted by molar-refractivity contribution is -0.142. The first kappa shape index (κ1) is 24.6. The smallest absolute Gasteiger partial charge is 0.433 e. The molecule has 12 heteroatoms. The van der Waals surface area contributed by atoms with Gasteiger partial charge >= 0.3 is 6.18 Å². The Morgan fingerprint density at radius 2 is 1.81 bits per heavy atom. The second-order valence-electron chi connectivity index (χ2n) is 8.98. The van der Waals surface area contributed by atoms with Gasteiger partial charge in [-0.2, -0.15) is 23.4 Å². The van der Waals surface area contributed by atoms with Gasteiger partial charge in [-0.15, -0.1) is 0 Å². The number of carbonyl (C=O) groups excluding carboxylic acids is 1. The van der Waals surface area contributed by atoms with Crippen molar-refractivity contribution in [2.75, 3.05) is 19.5 Å². The van der Waals surface area contributed by atoms with Crippen molar-refractivity contribution in [3.8, 4) is 11.5 Å². The van der Waals surface area contributed by atoms with Crippen LogP contribution in [0, 0.1) is 13.8 Å². The Morgan fingerprint density at radius 3 is 2.46 bits per heavy atom. The van der Waals surface area contributed by atoms with Crippen LogP contribution in [-0.4, -0.2) is 44.5 Å². The third kappa shape index (κ3) is 4.70. The molecule has 1 N–H and O–H groups in total. The van der Waals surface area contributed by atoms with Crippen molar-refractivity contribution in [2.45, 2.75) is 45.3 Å². The zero-order chi connectivity index (χ0) is 26.5. The van der Waals surface area contributed by atoms with Crippen molar-refractivity contribution in [1.82, 2.24) is 24.4 Å². The van der Waals surface area contributed by atoms with E-state index in [0.717, 1.165) is 24.5 Å². The first-order valence-corrected chi connectivity index (χ1v) is 11.6. The van der Waals surface area contributed by atoms with Crippen LogP contribution in [0.3, 0.4) is 0 Å². The molecule has 0 spiro atoms. The summed E-state index contributed by atoms with van der Waals surface area (Å²) >= 11 is 0. The highest BCUT2D eigenvalue weighted by molar-refractivity contribution is 6.04. The van der Waals surface area contributed by atoms with Crippen LogP contribution in [-0.2, 0) is 12.7 Å². The van der Waals surface area contributed by atoms with Gasteiger partial charge in [0.15, 0.2) is 22.8 Å². The maximum Gasteiger partial charge on any atom is 0.433 e. The molecule has 1 aromatic carbocycles. The number of nitrogens with zero attached hydrogens (tertiary/aromatic N) is 5. The summed E-state index contributed by atoms with van der Waals surface area (Å²) < 4.78 is 54.1. The number of fused-ring (bicyclic) bond motifs is 1. The van der Waals surface area contributed by atoms with Gasteiger partial charge < -0.3 is 14.8 Å². The molecule has 0 aliphatic heterocycles. The Kier molecular flexibility index (Phi) is 6.04. The molecule has 1 amide bonds. The first-order chi connectivity index (χ1) is 17.6. The number of halogens is 3. The molecule has 4 aromatic rings. The molecular weight excluding hydrogens is 489 g/mol. The van der Waals surface area contributed by atoms with Crippen molar-refractivity contribution in [3.63, 3.8) is 0 Å². The van der Waals surface area contributed by atoms with Gasteiger partial charge in [-0.1, -0.05) is 6.07 Å². The van der Waals surface area contributed by atoms with Gasteiger partial charge in [0.1, 0.15) is 5.69 Å². The number of rotatable bonds is 7. The van der Waals surface area contributed by atoms with Crippen molar-refractivity contribution >= 4 is 17.2 Å². The van der Waals surface area contributed by atoms with Gasteiger partial charge in [-0.05, 0) is 50.5 Å². The maximum absolute atomic E-state index is 13.7. The molecule has 1 aliphatic carbocycles. The topological polar surface area (TPSA) is 95.6 Å². The standard InChI is InChI=1S/C25H25F3N6O3/c1-13-23(14(2)33(31-13)12-15-5-8-19(36-3)20(9-15)37-4)30-24(35)18-11-22-29-17(16-6-7-16)10-21(25(26,27)28)34(22)32-18/h5,8-11,16H,6-7,12H2,1-4H3,(H,30,35). The average Bonchev–Trinajstić information content (AvgIpc) is 3.57. The summed E-state index contributed by atoms with van der Waals surface area (Å²) in [6.45, 7) is 3.94. The van der Waals surface area contributed by atoms with Gasteiger partial charge in [0.05, 0.1) is 37.8 Å². The fraction of sp³-hybridized carbons (Fsp3) is 0.360. The third-order valence-electron chi connectivity index (χ3n) is 6.37. The summed E-state index contributed by atoms with van der Waals surface area (Å²) in [6, 6.07) is 7.81. The van der Waals surface area contributed by atoms with Crippen LogP contribution in [0.25, 0.3) is 5.65 Å². The summed E-state index contributed by atoms with van der Waals surface area (Å²) in [7, 11) is 3.11. The van der Waals surface area contributed by atoms with Crippen molar-refractivity contribution in [2.24, 2.45) is 0 Å². The number of nitrogens with one attached hydrogen (secondary N) is 1. The SMILES string of the molecule is COc1ccc(Cn2nc(C)c(NC(=O)c3cc4nc(C5CC5)cc(C(F)(F)F)n4n3)c2C)cc1OC. The van der Waals surface area contributed by atoms with E-state index in [1.165, 1.54) is 6.07 Å². The second-order valence-corrected chi connectivity index (χ2v) is 8.98. The molecule has 37 heavy (non-hydrogen) atoms. The number of aryl methyl sites for hydroxylation is 1. The molecule has 1 fully saturated rings. The summed E-state index contributed by atoms with van der Waals surface area (Å²) in [5, 5.41) is 11.2. The normalized spacial score (nSPS) is 13.7. The van der Waals surface area contributed by atoms with E-state index >= 15 is 0 Å². The molecule has 5 rings (SSSR count). The number of aromatic nitrogens is 5. The first-order valence-electron chi connectivity index (χ1n) is 11.6. The Labute approximate surface area is 210 Å². The van der Waals surface area contributed by atoms with Gasteiger partial charge in [0.2, 0.25) is 0 Å². The Hall–Kier alpha value is -4.09. The number of anilines is 1. The van der Waals surface area contributed by atoms with E-state index in [4.69, 9.17) is 9.47 Å². The zero-order valence-corrected chi connectivity index (χ0v) is 20.7. The fourth-order valence-electron chi connectivity index (χ4n) is 4.26. The average molecular weight is 515 g/mol. The predicted octanol–water partition coefficient (Wildman–Crippen LogP) is 4.76. The van der Waals surface area contributed by atoms with Crippen LogP contribution in [0.5, 0.6) is 11.5 Å². The number of carbonyl (C=O) groups is 1. The van der Waals surface area contributed by atoms with E-state index in [1.807, 2.05) is 12.1 Å². The molecule has 1 aliphatic rings. The van der Waals surface area contributed by atoms with E-state index in [0.29, 0.717) is 45.3 Å². The van der Waals surface area contributed by atoms with E-state index < -0.39 is 17.8 Å². The minimum absolute atomic E-state index is 0.0140. The van der Waals surface area contributed by atoms with Crippen LogP contribution in [0.2, 0.25) is 0 Å². The maximum atomic E-state index is 13.7. The van der Waals surface area contributed by atoms with Crippen molar-refractivity contribution in [3.05, 3.63) is 64.4 Å². The number of ether oxygens (including phenoxy) is 2. The quantitative estimate of drug-likeness (QED) is 0.382. The van der Waals surface area contributed by atoms with Crippen molar-refractivity contribution in [1.29, 1.82) is 0 Å². The number of alkyl halides is 3. The molecule has 194 valence electrons. The largest absolute Gasteiger partial charge is 0.493 e. The molecule has 9 nitrogen and oxygen atoms in total. The molecule has 0 saturated heterocycles. The van der Waals surface area contributed by atoms with E-state index in [1.54, 1.807) is 38.8 Å². The lowest BCUT2D eigenvalue weighted by Gasteiger charge is -2.11. The minimum Gasteiger partial charge on any atom is -0.493 e. The summed E-state index contributed by atoms with van der Waals surface area (Å²) in [5.41, 5.74) is 1.83. The number of hydrogen-bond donors (Lipinski definition) is 1. The fourth-order valence-corrected chi connectivity index (χ4v) is 4.26. The highest BCUT2D eigenvalue weighted by Crippen LogP contribution is 2.41. The monoisotopic (exact) mass is 514 g/mol. The molecule has 1 saturated carbocycles. The van der Waals surface area contributed by atoms with Gasteiger partial charge in [-0.3, -0.25) is 9.48 Å². The Balaban J connectivity index is 1.42. The summed E-state index contributed by atoms with van der Waals surface area (Å²) in [5.74, 6) is 0.551. The number of hydrogen-bond acceptors (Lipinski definition) is 6. The van der Waals surface area contributed by atoms with Crippen LogP contribution in [0.15, 0.2) is 30.3 Å². The van der Waals surface area contributed by atoms with Gasteiger partial charge in [0, 0.05) is 17.7 Å². The molecule has 3 aromatic heterocycles. The predicted molar refractivity (Wildman–Crippen MR) is 128 cm³/mol. The molecule has 0 radical (unpaired) electrons. The highest BCUT2D eigenvalue weighted by Gasteiger charge is 2.37. The van der Waals surface area contributed by atoms with E-state index in [-0.39, 0.29) is 17.3 Å². The number of amides is 1.